The fourth-order valence-corrected chi connectivity index (χ4v) is 4.53. The van der Waals surface area contributed by atoms with Crippen molar-refractivity contribution >= 4 is 18.2 Å². The lowest BCUT2D eigenvalue weighted by molar-refractivity contribution is 0.108. The highest BCUT2D eigenvalue weighted by Crippen LogP contribution is 2.60. The van der Waals surface area contributed by atoms with E-state index in [1.165, 1.54) is 0 Å². The van der Waals surface area contributed by atoms with E-state index in [0.29, 0.717) is 37.4 Å². The van der Waals surface area contributed by atoms with Crippen LogP contribution < -0.4 is 0 Å². The van der Waals surface area contributed by atoms with Gasteiger partial charge >= 0.3 is 0 Å². The lowest BCUT2D eigenvalue weighted by Gasteiger charge is -2.40. The number of fused-ring (bicyclic) bond motifs is 2. The SMILES string of the molecule is O=C=NCCCC1(CN=C=O)CC2CC(CN=C=O)C1C2. The second kappa shape index (κ2) is 7.24. The highest BCUT2D eigenvalue weighted by Gasteiger charge is 2.54. The van der Waals surface area contributed by atoms with E-state index in [1.54, 1.807) is 18.2 Å². The van der Waals surface area contributed by atoms with Gasteiger partial charge in [0, 0.05) is 0 Å². The summed E-state index contributed by atoms with van der Waals surface area (Å²) in [6.07, 6.45) is 9.74. The molecule has 112 valence electrons. The molecular weight excluding hydrogens is 270 g/mol. The van der Waals surface area contributed by atoms with Crippen molar-refractivity contribution in [3.8, 4) is 0 Å². The first kappa shape index (κ1) is 15.5. The van der Waals surface area contributed by atoms with Crippen LogP contribution in [0.25, 0.3) is 0 Å². The maximum Gasteiger partial charge on any atom is 0.234 e. The number of isocyanates is 3. The first-order chi connectivity index (χ1) is 10.3. The Morgan fingerprint density at radius 2 is 1.76 bits per heavy atom. The third-order valence-corrected chi connectivity index (χ3v) is 5.13. The number of hydrogen-bond donors (Lipinski definition) is 0. The molecule has 0 heterocycles. The van der Waals surface area contributed by atoms with Crippen molar-refractivity contribution in [2.75, 3.05) is 19.6 Å². The molecule has 2 bridgehead atoms. The zero-order valence-electron chi connectivity index (χ0n) is 12.0. The first-order valence-electron chi connectivity index (χ1n) is 7.36. The Kier molecular flexibility index (Phi) is 5.35. The Morgan fingerprint density at radius 3 is 2.43 bits per heavy atom. The average molecular weight is 289 g/mol. The summed E-state index contributed by atoms with van der Waals surface area (Å²) in [5, 5.41) is 0. The van der Waals surface area contributed by atoms with Crippen molar-refractivity contribution in [2.45, 2.75) is 32.1 Å². The zero-order chi connectivity index (χ0) is 15.1. The summed E-state index contributed by atoms with van der Waals surface area (Å²) in [7, 11) is 0. The molecule has 4 unspecified atom stereocenters. The summed E-state index contributed by atoms with van der Waals surface area (Å²) in [5.41, 5.74) is -0.0260. The van der Waals surface area contributed by atoms with Crippen LogP contribution in [0.4, 0.5) is 0 Å². The van der Waals surface area contributed by atoms with Gasteiger partial charge in [-0.15, -0.1) is 0 Å². The van der Waals surface area contributed by atoms with Gasteiger partial charge in [-0.2, -0.15) is 0 Å². The fourth-order valence-electron chi connectivity index (χ4n) is 4.53. The van der Waals surface area contributed by atoms with Crippen LogP contribution >= 0.6 is 0 Å². The minimum Gasteiger partial charge on any atom is -0.211 e. The lowest BCUT2D eigenvalue weighted by atomic mass is 9.66. The minimum absolute atomic E-state index is 0.0260. The standard InChI is InChI=1S/C15H19N3O3/c19-9-16-3-1-2-15(8-18-11-21)6-12-4-13(7-17-10-20)14(15)5-12/h12-14H,1-8H2. The number of rotatable bonds is 8. The van der Waals surface area contributed by atoms with Gasteiger partial charge in [-0.25, -0.2) is 29.4 Å². The van der Waals surface area contributed by atoms with Crippen LogP contribution in [0.15, 0.2) is 15.0 Å². The third kappa shape index (κ3) is 3.43. The van der Waals surface area contributed by atoms with Gasteiger partial charge in [0.15, 0.2) is 0 Å². The molecule has 2 fully saturated rings. The van der Waals surface area contributed by atoms with Gasteiger partial charge in [0.1, 0.15) is 0 Å². The van der Waals surface area contributed by atoms with Crippen LogP contribution in [0.1, 0.15) is 32.1 Å². The molecule has 0 aromatic rings. The second-order valence-corrected chi connectivity index (χ2v) is 6.19. The van der Waals surface area contributed by atoms with Crippen molar-refractivity contribution in [1.29, 1.82) is 0 Å². The van der Waals surface area contributed by atoms with E-state index in [0.717, 1.165) is 32.1 Å². The molecular formula is C15H19N3O3. The normalized spacial score (nSPS) is 32.9. The summed E-state index contributed by atoms with van der Waals surface area (Å²) < 4.78 is 0. The molecule has 0 spiro atoms. The average Bonchev–Trinajstić information content (AvgIpc) is 3.05. The molecule has 4 atom stereocenters. The third-order valence-electron chi connectivity index (χ3n) is 5.13. The molecule has 0 amide bonds. The van der Waals surface area contributed by atoms with Gasteiger partial charge < -0.3 is 0 Å². The summed E-state index contributed by atoms with van der Waals surface area (Å²) in [4.78, 5) is 42.2. The Hall–Kier alpha value is -1.86. The van der Waals surface area contributed by atoms with Gasteiger partial charge in [0.05, 0.1) is 19.6 Å². The van der Waals surface area contributed by atoms with E-state index in [4.69, 9.17) is 0 Å². The lowest BCUT2D eigenvalue weighted by Crippen LogP contribution is -2.37. The molecule has 21 heavy (non-hydrogen) atoms. The molecule has 2 rings (SSSR count). The first-order valence-corrected chi connectivity index (χ1v) is 7.36. The van der Waals surface area contributed by atoms with E-state index < -0.39 is 0 Å². The van der Waals surface area contributed by atoms with E-state index in [2.05, 4.69) is 15.0 Å². The monoisotopic (exact) mass is 289 g/mol. The minimum atomic E-state index is -0.0260. The van der Waals surface area contributed by atoms with Gasteiger partial charge in [0.25, 0.3) is 0 Å². The molecule has 0 saturated heterocycles. The largest absolute Gasteiger partial charge is 0.234 e. The molecule has 0 aromatic heterocycles. The van der Waals surface area contributed by atoms with Gasteiger partial charge in [-0.3, -0.25) is 0 Å². The summed E-state index contributed by atoms with van der Waals surface area (Å²) in [6, 6.07) is 0. The van der Waals surface area contributed by atoms with Crippen molar-refractivity contribution < 1.29 is 14.4 Å². The molecule has 2 aliphatic carbocycles. The number of hydrogen-bond acceptors (Lipinski definition) is 6. The predicted molar refractivity (Wildman–Crippen MR) is 75.0 cm³/mol. The molecule has 2 aliphatic rings. The molecule has 0 N–H and O–H groups in total. The Labute approximate surface area is 123 Å². The maximum atomic E-state index is 10.5. The highest BCUT2D eigenvalue weighted by atomic mass is 16.1. The van der Waals surface area contributed by atoms with Crippen LogP contribution in [0.5, 0.6) is 0 Å². The number of aliphatic imine (C=N–C) groups is 3. The van der Waals surface area contributed by atoms with Crippen LogP contribution in [-0.4, -0.2) is 37.9 Å². The van der Waals surface area contributed by atoms with Crippen LogP contribution in [0, 0.1) is 23.2 Å². The Bertz CT molecular complexity index is 516. The second-order valence-electron chi connectivity index (χ2n) is 6.19. The highest BCUT2D eigenvalue weighted by molar-refractivity contribution is 5.34. The van der Waals surface area contributed by atoms with Crippen molar-refractivity contribution in [2.24, 2.45) is 38.1 Å². The molecule has 6 heteroatoms. The topological polar surface area (TPSA) is 88.3 Å². The van der Waals surface area contributed by atoms with Crippen LogP contribution in [0.2, 0.25) is 0 Å². The van der Waals surface area contributed by atoms with E-state index in [9.17, 15) is 14.4 Å². The Morgan fingerprint density at radius 1 is 1.00 bits per heavy atom. The quantitative estimate of drug-likeness (QED) is 0.388. The van der Waals surface area contributed by atoms with Crippen molar-refractivity contribution in [3.05, 3.63) is 0 Å². The zero-order valence-corrected chi connectivity index (χ0v) is 12.0. The van der Waals surface area contributed by atoms with E-state index in [1.807, 2.05) is 0 Å². The van der Waals surface area contributed by atoms with Gasteiger partial charge in [-0.1, -0.05) is 0 Å². The molecule has 0 radical (unpaired) electrons. The van der Waals surface area contributed by atoms with Crippen LogP contribution in [-0.2, 0) is 14.4 Å². The predicted octanol–water partition coefficient (Wildman–Crippen LogP) is 1.81. The van der Waals surface area contributed by atoms with Crippen LogP contribution in [0.3, 0.4) is 0 Å². The van der Waals surface area contributed by atoms with Gasteiger partial charge in [-0.05, 0) is 55.3 Å². The van der Waals surface area contributed by atoms with E-state index >= 15 is 0 Å². The summed E-state index contributed by atoms with van der Waals surface area (Å²) in [6.45, 7) is 1.46. The van der Waals surface area contributed by atoms with Crippen molar-refractivity contribution in [3.63, 3.8) is 0 Å². The molecule has 2 saturated carbocycles. The van der Waals surface area contributed by atoms with Gasteiger partial charge in [0.2, 0.25) is 18.2 Å². The Balaban J connectivity index is 2.09. The fraction of sp³-hybridized carbons (Fsp3) is 0.800. The smallest absolute Gasteiger partial charge is 0.211 e. The van der Waals surface area contributed by atoms with Crippen molar-refractivity contribution in [1.82, 2.24) is 0 Å². The number of nitrogens with zero attached hydrogens (tertiary/aromatic N) is 3. The summed E-state index contributed by atoms with van der Waals surface area (Å²) >= 11 is 0. The van der Waals surface area contributed by atoms with E-state index in [-0.39, 0.29) is 5.41 Å². The maximum absolute atomic E-state index is 10.5. The molecule has 6 nitrogen and oxygen atoms in total. The molecule has 0 aromatic carbocycles. The number of carbonyl (C=O) groups excluding carboxylic acids is 3. The summed E-state index contributed by atoms with van der Waals surface area (Å²) in [5.74, 6) is 1.43. The molecule has 0 aliphatic heterocycles.